The Morgan fingerprint density at radius 2 is 1.96 bits per heavy atom. The molecule has 1 aromatic carbocycles. The van der Waals surface area contributed by atoms with Crippen LogP contribution in [0, 0.1) is 5.82 Å². The molecule has 0 amide bonds. The molecule has 2 heterocycles. The zero-order valence-corrected chi connectivity index (χ0v) is 14.0. The highest BCUT2D eigenvalue weighted by Gasteiger charge is 2.31. The number of pyridine rings is 1. The second-order valence-corrected chi connectivity index (χ2v) is 5.67. The molecule has 0 spiro atoms. The van der Waals surface area contributed by atoms with E-state index in [2.05, 4.69) is 14.8 Å². The maximum absolute atomic E-state index is 13.5. The molecule has 140 valence electrons. The third-order valence-electron chi connectivity index (χ3n) is 3.72. The van der Waals surface area contributed by atoms with E-state index in [0.29, 0.717) is 17.4 Å². The highest BCUT2D eigenvalue weighted by atomic mass is 19.4. The average molecular weight is 379 g/mol. The Balaban J connectivity index is 1.88. The predicted octanol–water partition coefficient (Wildman–Crippen LogP) is 3.80. The smallest absolute Gasteiger partial charge is 0.416 e. The van der Waals surface area contributed by atoms with Crippen LogP contribution in [-0.2, 0) is 17.3 Å². The van der Waals surface area contributed by atoms with Gasteiger partial charge in [-0.1, -0.05) is 0 Å². The molecule has 9 heteroatoms. The lowest BCUT2D eigenvalue weighted by molar-refractivity contribution is -0.137. The first-order valence-electron chi connectivity index (χ1n) is 7.72. The Kier molecular flexibility index (Phi) is 4.93. The number of benzene rings is 1. The van der Waals surface area contributed by atoms with Gasteiger partial charge in [0.1, 0.15) is 5.82 Å². The number of esters is 1. The number of carbonyl (C=O) groups is 1. The van der Waals surface area contributed by atoms with Crippen LogP contribution in [0.15, 0.2) is 48.8 Å². The van der Waals surface area contributed by atoms with Crippen molar-refractivity contribution in [3.05, 3.63) is 77.1 Å². The van der Waals surface area contributed by atoms with Gasteiger partial charge < -0.3 is 4.74 Å². The molecule has 0 bridgehead atoms. The summed E-state index contributed by atoms with van der Waals surface area (Å²) in [6.07, 6.45) is -1.64. The summed E-state index contributed by atoms with van der Waals surface area (Å²) in [6, 6.07) is 7.05. The summed E-state index contributed by atoms with van der Waals surface area (Å²) in [4.78, 5) is 15.6. The van der Waals surface area contributed by atoms with E-state index in [0.717, 1.165) is 12.1 Å². The van der Waals surface area contributed by atoms with Crippen molar-refractivity contribution in [2.24, 2.45) is 0 Å². The van der Waals surface area contributed by atoms with Crippen LogP contribution in [-0.4, -0.2) is 27.8 Å². The summed E-state index contributed by atoms with van der Waals surface area (Å²) in [5, 5.41) is 4.07. The molecule has 0 unspecified atom stereocenters. The van der Waals surface area contributed by atoms with Crippen LogP contribution in [0.1, 0.15) is 27.3 Å². The number of rotatable bonds is 4. The predicted molar refractivity (Wildman–Crippen MR) is 86.9 cm³/mol. The maximum Gasteiger partial charge on any atom is 0.416 e. The number of alkyl halides is 3. The molecular weight excluding hydrogens is 366 g/mol. The summed E-state index contributed by atoms with van der Waals surface area (Å²) in [7, 11) is 1.24. The third-order valence-corrected chi connectivity index (χ3v) is 3.72. The fraction of sp³-hybridized carbons (Fsp3) is 0.167. The van der Waals surface area contributed by atoms with Gasteiger partial charge >= 0.3 is 12.1 Å². The molecule has 0 N–H and O–H groups in total. The minimum atomic E-state index is -4.63. The largest absolute Gasteiger partial charge is 0.464 e. The molecule has 5 nitrogen and oxygen atoms in total. The van der Waals surface area contributed by atoms with E-state index < -0.39 is 23.5 Å². The molecule has 0 aliphatic carbocycles. The zero-order chi connectivity index (χ0) is 19.6. The molecule has 0 atom stereocenters. The Bertz CT molecular complexity index is 983. The number of carbonyl (C=O) groups excluding carboxylic acids is 1. The van der Waals surface area contributed by atoms with Gasteiger partial charge in [-0.15, -0.1) is 0 Å². The summed E-state index contributed by atoms with van der Waals surface area (Å²) in [6.45, 7) is 0. The van der Waals surface area contributed by atoms with E-state index in [-0.39, 0.29) is 17.7 Å². The van der Waals surface area contributed by atoms with E-state index >= 15 is 0 Å². The van der Waals surface area contributed by atoms with Gasteiger partial charge in [-0.3, -0.25) is 4.98 Å². The normalized spacial score (nSPS) is 11.4. The lowest BCUT2D eigenvalue weighted by atomic mass is 10.0. The van der Waals surface area contributed by atoms with E-state index in [1.165, 1.54) is 30.3 Å². The summed E-state index contributed by atoms with van der Waals surface area (Å²) in [5.74, 6) is -1.56. The van der Waals surface area contributed by atoms with Crippen LogP contribution in [0.5, 0.6) is 0 Å². The van der Waals surface area contributed by atoms with Crippen LogP contribution in [0.25, 0.3) is 5.69 Å². The SMILES string of the molecule is COC(=O)c1ccn(-c2ccnc(Cc3cc(F)cc(C(F)(F)F)c3)c2)n1. The topological polar surface area (TPSA) is 57.0 Å². The van der Waals surface area contributed by atoms with E-state index in [9.17, 15) is 22.4 Å². The Morgan fingerprint density at radius 3 is 2.67 bits per heavy atom. The fourth-order valence-corrected chi connectivity index (χ4v) is 2.51. The van der Waals surface area contributed by atoms with E-state index in [4.69, 9.17) is 0 Å². The highest BCUT2D eigenvalue weighted by Crippen LogP contribution is 2.30. The zero-order valence-electron chi connectivity index (χ0n) is 14.0. The Labute approximate surface area is 151 Å². The van der Waals surface area contributed by atoms with Crippen LogP contribution in [0.4, 0.5) is 17.6 Å². The van der Waals surface area contributed by atoms with Crippen LogP contribution in [0.3, 0.4) is 0 Å². The molecule has 0 fully saturated rings. The van der Waals surface area contributed by atoms with Crippen LogP contribution in [0.2, 0.25) is 0 Å². The maximum atomic E-state index is 13.5. The molecule has 0 aliphatic rings. The van der Waals surface area contributed by atoms with Gasteiger partial charge in [0.2, 0.25) is 0 Å². The highest BCUT2D eigenvalue weighted by molar-refractivity contribution is 5.86. The van der Waals surface area contributed by atoms with Crippen LogP contribution >= 0.6 is 0 Å². The number of hydrogen-bond acceptors (Lipinski definition) is 4. The van der Waals surface area contributed by atoms with Gasteiger partial charge in [0.25, 0.3) is 0 Å². The first-order chi connectivity index (χ1) is 12.8. The van der Waals surface area contributed by atoms with Gasteiger partial charge in [0, 0.05) is 24.5 Å². The number of methoxy groups -OCH3 is 1. The average Bonchev–Trinajstić information content (AvgIpc) is 3.10. The van der Waals surface area contributed by atoms with Crippen molar-refractivity contribution < 1.29 is 27.1 Å². The van der Waals surface area contributed by atoms with Gasteiger partial charge in [-0.25, -0.2) is 13.9 Å². The molecule has 0 radical (unpaired) electrons. The van der Waals surface area contributed by atoms with Gasteiger partial charge in [-0.2, -0.15) is 18.3 Å². The molecule has 2 aromatic heterocycles. The second kappa shape index (κ2) is 7.18. The van der Waals surface area contributed by atoms with Crippen molar-refractivity contribution in [2.45, 2.75) is 12.6 Å². The fourth-order valence-electron chi connectivity index (χ4n) is 2.51. The monoisotopic (exact) mass is 379 g/mol. The molecule has 0 aliphatic heterocycles. The molecule has 0 saturated carbocycles. The lowest BCUT2D eigenvalue weighted by Gasteiger charge is -2.10. The number of ether oxygens (including phenoxy) is 1. The standard InChI is InChI=1S/C18H13F4N3O2/c1-27-17(26)16-3-5-25(24-16)15-2-4-23-14(10-15)8-11-6-12(18(20,21)22)9-13(19)7-11/h2-7,9-10H,8H2,1H3. The molecule has 27 heavy (non-hydrogen) atoms. The third kappa shape index (κ3) is 4.30. The summed E-state index contributed by atoms with van der Waals surface area (Å²) in [5.41, 5.74) is 0.158. The number of halogens is 4. The van der Waals surface area contributed by atoms with Crippen LogP contribution < -0.4 is 0 Å². The molecule has 3 aromatic rings. The van der Waals surface area contributed by atoms with Crippen molar-refractivity contribution in [2.75, 3.05) is 7.11 Å². The van der Waals surface area contributed by atoms with Crippen molar-refractivity contribution in [3.63, 3.8) is 0 Å². The minimum absolute atomic E-state index is 0.000191. The van der Waals surface area contributed by atoms with Gasteiger partial charge in [-0.05, 0) is 42.0 Å². The molecular formula is C18H13F4N3O2. The van der Waals surface area contributed by atoms with E-state index in [1.807, 2.05) is 0 Å². The van der Waals surface area contributed by atoms with Crippen molar-refractivity contribution in [3.8, 4) is 5.69 Å². The van der Waals surface area contributed by atoms with Crippen molar-refractivity contribution >= 4 is 5.97 Å². The van der Waals surface area contributed by atoms with E-state index in [1.54, 1.807) is 12.1 Å². The lowest BCUT2D eigenvalue weighted by Crippen LogP contribution is -2.07. The summed E-state index contributed by atoms with van der Waals surface area (Å²) >= 11 is 0. The number of aromatic nitrogens is 3. The molecule has 3 rings (SSSR count). The number of hydrogen-bond donors (Lipinski definition) is 0. The quantitative estimate of drug-likeness (QED) is 0.511. The Hall–Kier alpha value is -3.23. The van der Waals surface area contributed by atoms with Gasteiger partial charge in [0.05, 0.1) is 18.4 Å². The number of nitrogens with zero attached hydrogens (tertiary/aromatic N) is 3. The first kappa shape index (κ1) is 18.6. The van der Waals surface area contributed by atoms with Crippen molar-refractivity contribution in [1.29, 1.82) is 0 Å². The Morgan fingerprint density at radius 1 is 1.19 bits per heavy atom. The molecule has 0 saturated heterocycles. The minimum Gasteiger partial charge on any atom is -0.464 e. The first-order valence-corrected chi connectivity index (χ1v) is 7.72. The van der Waals surface area contributed by atoms with Crippen molar-refractivity contribution in [1.82, 2.24) is 14.8 Å². The second-order valence-electron chi connectivity index (χ2n) is 5.67. The van der Waals surface area contributed by atoms with Gasteiger partial charge in [0.15, 0.2) is 5.69 Å². The summed E-state index contributed by atoms with van der Waals surface area (Å²) < 4.78 is 58.0.